The Balaban J connectivity index is 1.73. The van der Waals surface area contributed by atoms with E-state index in [1.165, 1.54) is 4.68 Å². The molecule has 2 heterocycles. The van der Waals surface area contributed by atoms with Crippen LogP contribution in [0.4, 0.5) is 5.69 Å². The first-order valence-electron chi connectivity index (χ1n) is 8.42. The third-order valence-corrected chi connectivity index (χ3v) is 5.48. The maximum atomic E-state index is 12.7. The molecule has 0 aliphatic carbocycles. The summed E-state index contributed by atoms with van der Waals surface area (Å²) in [5.41, 5.74) is 1.92. The van der Waals surface area contributed by atoms with Gasteiger partial charge in [-0.1, -0.05) is 66.2 Å². The van der Waals surface area contributed by atoms with Crippen molar-refractivity contribution < 1.29 is 0 Å². The van der Waals surface area contributed by atoms with Crippen LogP contribution in [0.2, 0.25) is 5.02 Å². The molecule has 134 valence electrons. The van der Waals surface area contributed by atoms with Crippen LogP contribution in [0.25, 0.3) is 5.69 Å². The summed E-state index contributed by atoms with van der Waals surface area (Å²) in [5.74, 6) is 0. The number of thiophene rings is 1. The number of nitrogens with one attached hydrogen (secondary N) is 1. The normalized spacial score (nSPS) is 11.9. The van der Waals surface area contributed by atoms with E-state index in [1.807, 2.05) is 72.1 Å². The predicted octanol–water partition coefficient (Wildman–Crippen LogP) is 5.15. The molecule has 4 rings (SSSR count). The van der Waals surface area contributed by atoms with Crippen molar-refractivity contribution in [2.24, 2.45) is 0 Å². The number of hydrogen-bond donors (Lipinski definition) is 1. The predicted molar refractivity (Wildman–Crippen MR) is 111 cm³/mol. The first kappa shape index (κ1) is 17.5. The highest BCUT2D eigenvalue weighted by molar-refractivity contribution is 7.10. The number of anilines is 1. The average molecular weight is 394 g/mol. The Morgan fingerprint density at radius 2 is 1.67 bits per heavy atom. The van der Waals surface area contributed by atoms with Gasteiger partial charge in [-0.3, -0.25) is 4.79 Å². The summed E-state index contributed by atoms with van der Waals surface area (Å²) in [7, 11) is 0. The Morgan fingerprint density at radius 1 is 0.963 bits per heavy atom. The number of aromatic nitrogens is 2. The third kappa shape index (κ3) is 3.65. The zero-order valence-corrected chi connectivity index (χ0v) is 15.8. The van der Waals surface area contributed by atoms with Gasteiger partial charge in [0.25, 0.3) is 5.56 Å². The van der Waals surface area contributed by atoms with E-state index in [0.29, 0.717) is 11.4 Å². The lowest BCUT2D eigenvalue weighted by molar-refractivity contribution is 0.804. The lowest BCUT2D eigenvalue weighted by atomic mass is 10.1. The lowest BCUT2D eigenvalue weighted by Gasteiger charge is -2.20. The van der Waals surface area contributed by atoms with Crippen molar-refractivity contribution in [2.75, 3.05) is 5.32 Å². The van der Waals surface area contributed by atoms with E-state index >= 15 is 0 Å². The minimum atomic E-state index is -0.356. The molecule has 0 bridgehead atoms. The van der Waals surface area contributed by atoms with Crippen molar-refractivity contribution in [1.82, 2.24) is 9.78 Å². The fraction of sp³-hybridized carbons (Fsp3) is 0.0476. The molecule has 0 amide bonds. The van der Waals surface area contributed by atoms with E-state index in [9.17, 15) is 4.79 Å². The Bertz CT molecular complexity index is 1080. The van der Waals surface area contributed by atoms with Gasteiger partial charge >= 0.3 is 0 Å². The smallest absolute Gasteiger partial charge is 0.292 e. The molecule has 4 nitrogen and oxygen atoms in total. The van der Waals surface area contributed by atoms with Gasteiger partial charge in [-0.15, -0.1) is 11.3 Å². The summed E-state index contributed by atoms with van der Waals surface area (Å²) in [4.78, 5) is 13.9. The topological polar surface area (TPSA) is 46.9 Å². The second-order valence-corrected chi connectivity index (χ2v) is 7.29. The molecular formula is C21H16ClN3OS. The Labute approximate surface area is 165 Å². The molecule has 0 radical (unpaired) electrons. The summed E-state index contributed by atoms with van der Waals surface area (Å²) in [5, 5.41) is 9.83. The first-order chi connectivity index (χ1) is 13.2. The third-order valence-electron chi connectivity index (χ3n) is 4.18. The number of hydrogen-bond acceptors (Lipinski definition) is 4. The average Bonchev–Trinajstić information content (AvgIpc) is 3.25. The number of halogens is 1. The van der Waals surface area contributed by atoms with Crippen molar-refractivity contribution >= 4 is 28.6 Å². The molecule has 0 saturated heterocycles. The standard InChI is InChI=1S/C21H16ClN3OS/c22-19-17(14-23-25(21(19)26)16-10-5-2-6-11-16)24-20(18-12-7-13-27-18)15-8-3-1-4-9-15/h1-14,20,24H. The van der Waals surface area contributed by atoms with Crippen LogP contribution < -0.4 is 10.9 Å². The molecule has 0 fully saturated rings. The minimum absolute atomic E-state index is 0.113. The molecule has 1 unspecified atom stereocenters. The van der Waals surface area contributed by atoms with Crippen LogP contribution in [0, 0.1) is 0 Å². The van der Waals surface area contributed by atoms with Crippen LogP contribution in [0.3, 0.4) is 0 Å². The van der Waals surface area contributed by atoms with Gasteiger partial charge in [-0.05, 0) is 29.1 Å². The monoisotopic (exact) mass is 393 g/mol. The van der Waals surface area contributed by atoms with Crippen LogP contribution in [-0.4, -0.2) is 9.78 Å². The zero-order valence-electron chi connectivity index (χ0n) is 14.2. The second kappa shape index (κ2) is 7.78. The molecule has 0 saturated carbocycles. The highest BCUT2D eigenvalue weighted by atomic mass is 35.5. The Morgan fingerprint density at radius 3 is 2.33 bits per heavy atom. The summed E-state index contributed by atoms with van der Waals surface area (Å²) < 4.78 is 1.30. The van der Waals surface area contributed by atoms with Crippen LogP contribution in [0.5, 0.6) is 0 Å². The van der Waals surface area contributed by atoms with Crippen LogP contribution in [0.1, 0.15) is 16.5 Å². The van der Waals surface area contributed by atoms with E-state index in [4.69, 9.17) is 11.6 Å². The fourth-order valence-corrected chi connectivity index (χ4v) is 3.85. The minimum Gasteiger partial charge on any atom is -0.371 e. The Hall–Kier alpha value is -2.89. The lowest BCUT2D eigenvalue weighted by Crippen LogP contribution is -2.23. The van der Waals surface area contributed by atoms with Crippen LogP contribution in [-0.2, 0) is 0 Å². The van der Waals surface area contributed by atoms with Crippen LogP contribution in [0.15, 0.2) is 89.2 Å². The van der Waals surface area contributed by atoms with Crippen molar-refractivity contribution in [2.45, 2.75) is 6.04 Å². The molecule has 0 aliphatic rings. The molecule has 1 N–H and O–H groups in total. The molecule has 6 heteroatoms. The molecule has 1 atom stereocenters. The van der Waals surface area contributed by atoms with E-state index in [2.05, 4.69) is 16.5 Å². The number of benzene rings is 2. The molecule has 0 spiro atoms. The van der Waals surface area contributed by atoms with E-state index in [1.54, 1.807) is 17.5 Å². The Kier molecular flexibility index (Phi) is 5.05. The van der Waals surface area contributed by atoms with Gasteiger partial charge in [0.15, 0.2) is 0 Å². The largest absolute Gasteiger partial charge is 0.371 e. The second-order valence-electron chi connectivity index (χ2n) is 5.93. The summed E-state index contributed by atoms with van der Waals surface area (Å²) >= 11 is 8.05. The summed E-state index contributed by atoms with van der Waals surface area (Å²) in [6.07, 6.45) is 1.60. The van der Waals surface area contributed by atoms with Gasteiger partial charge < -0.3 is 5.32 Å². The highest BCUT2D eigenvalue weighted by Gasteiger charge is 2.18. The van der Waals surface area contributed by atoms with Gasteiger partial charge in [0.1, 0.15) is 5.02 Å². The van der Waals surface area contributed by atoms with E-state index < -0.39 is 0 Å². The van der Waals surface area contributed by atoms with Gasteiger partial charge in [0, 0.05) is 4.88 Å². The first-order valence-corrected chi connectivity index (χ1v) is 9.68. The van der Waals surface area contributed by atoms with Crippen molar-refractivity contribution in [3.05, 3.63) is 110 Å². The molecule has 2 aromatic carbocycles. The van der Waals surface area contributed by atoms with Crippen molar-refractivity contribution in [3.63, 3.8) is 0 Å². The van der Waals surface area contributed by atoms with Crippen molar-refractivity contribution in [3.8, 4) is 5.69 Å². The molecule has 4 aromatic rings. The van der Waals surface area contributed by atoms with Gasteiger partial charge in [-0.2, -0.15) is 9.78 Å². The molecular weight excluding hydrogens is 378 g/mol. The quantitative estimate of drug-likeness (QED) is 0.510. The summed E-state index contributed by atoms with van der Waals surface area (Å²) in [6, 6.07) is 23.2. The van der Waals surface area contributed by atoms with E-state index in [0.717, 1.165) is 10.4 Å². The molecule has 2 aromatic heterocycles. The molecule has 0 aliphatic heterocycles. The SMILES string of the molecule is O=c1c(Cl)c(NC(c2ccccc2)c2cccs2)cnn1-c1ccccc1. The van der Waals surface area contributed by atoms with Gasteiger partial charge in [0.05, 0.1) is 23.6 Å². The van der Waals surface area contributed by atoms with Gasteiger partial charge in [-0.25, -0.2) is 0 Å². The van der Waals surface area contributed by atoms with E-state index in [-0.39, 0.29) is 16.6 Å². The number of nitrogens with zero attached hydrogens (tertiary/aromatic N) is 2. The highest BCUT2D eigenvalue weighted by Crippen LogP contribution is 2.31. The molecule has 27 heavy (non-hydrogen) atoms. The maximum absolute atomic E-state index is 12.7. The fourth-order valence-electron chi connectivity index (χ4n) is 2.86. The van der Waals surface area contributed by atoms with Crippen LogP contribution >= 0.6 is 22.9 Å². The number of para-hydroxylation sites is 1. The van der Waals surface area contributed by atoms with Gasteiger partial charge in [0.2, 0.25) is 0 Å². The maximum Gasteiger partial charge on any atom is 0.292 e. The number of rotatable bonds is 5. The summed E-state index contributed by atoms with van der Waals surface area (Å²) in [6.45, 7) is 0. The van der Waals surface area contributed by atoms with Crippen molar-refractivity contribution in [1.29, 1.82) is 0 Å². The zero-order chi connectivity index (χ0) is 18.6.